The number of hydrogen-bond acceptors (Lipinski definition) is 3. The van der Waals surface area contributed by atoms with Crippen molar-refractivity contribution >= 4 is 5.69 Å². The number of nitrogens with two attached hydrogens (primary N) is 1. The molecule has 0 radical (unpaired) electrons. The first-order valence-electron chi connectivity index (χ1n) is 5.17. The first-order valence-corrected chi connectivity index (χ1v) is 5.17. The van der Waals surface area contributed by atoms with E-state index in [0.717, 1.165) is 37.3 Å². The third kappa shape index (κ3) is 1.73. The molecule has 1 unspecified atom stereocenters. The van der Waals surface area contributed by atoms with Crippen LogP contribution < -0.4 is 5.73 Å². The Morgan fingerprint density at radius 3 is 3.14 bits per heavy atom. The second kappa shape index (κ2) is 3.96. The third-order valence-electron chi connectivity index (χ3n) is 2.64. The highest BCUT2D eigenvalue weighted by Gasteiger charge is 2.21. The summed E-state index contributed by atoms with van der Waals surface area (Å²) in [5, 5.41) is 0. The SMILES string of the molecule is CCc1cc(N)cnc1C1CCCO1. The Kier molecular flexibility index (Phi) is 2.68. The van der Waals surface area contributed by atoms with Crippen LogP contribution in [0.15, 0.2) is 12.3 Å². The van der Waals surface area contributed by atoms with Gasteiger partial charge in [-0.2, -0.15) is 0 Å². The fraction of sp³-hybridized carbons (Fsp3) is 0.545. The van der Waals surface area contributed by atoms with Crippen LogP contribution in [0.25, 0.3) is 0 Å². The molecule has 0 aliphatic carbocycles. The van der Waals surface area contributed by atoms with E-state index in [1.54, 1.807) is 6.20 Å². The molecule has 0 amide bonds. The highest BCUT2D eigenvalue weighted by Crippen LogP contribution is 2.30. The number of ether oxygens (including phenoxy) is 1. The number of aryl methyl sites for hydroxylation is 1. The summed E-state index contributed by atoms with van der Waals surface area (Å²) >= 11 is 0. The quantitative estimate of drug-likeness (QED) is 0.780. The van der Waals surface area contributed by atoms with E-state index in [2.05, 4.69) is 11.9 Å². The van der Waals surface area contributed by atoms with Crippen molar-refractivity contribution in [1.29, 1.82) is 0 Å². The van der Waals surface area contributed by atoms with Crippen molar-refractivity contribution in [3.05, 3.63) is 23.5 Å². The molecular weight excluding hydrogens is 176 g/mol. The molecule has 0 bridgehead atoms. The van der Waals surface area contributed by atoms with Crippen molar-refractivity contribution in [2.45, 2.75) is 32.3 Å². The van der Waals surface area contributed by atoms with Gasteiger partial charge in [-0.25, -0.2) is 0 Å². The van der Waals surface area contributed by atoms with E-state index >= 15 is 0 Å². The Balaban J connectivity index is 2.31. The van der Waals surface area contributed by atoms with Crippen molar-refractivity contribution < 1.29 is 4.74 Å². The van der Waals surface area contributed by atoms with Gasteiger partial charge in [-0.05, 0) is 30.9 Å². The van der Waals surface area contributed by atoms with Gasteiger partial charge < -0.3 is 10.5 Å². The van der Waals surface area contributed by atoms with Crippen molar-refractivity contribution in [2.75, 3.05) is 12.3 Å². The summed E-state index contributed by atoms with van der Waals surface area (Å²) in [6.07, 6.45) is 5.11. The Bertz CT molecular complexity index is 319. The molecule has 3 nitrogen and oxygen atoms in total. The summed E-state index contributed by atoms with van der Waals surface area (Å²) in [4.78, 5) is 4.38. The summed E-state index contributed by atoms with van der Waals surface area (Å²) < 4.78 is 5.62. The Morgan fingerprint density at radius 1 is 1.64 bits per heavy atom. The molecule has 0 spiro atoms. The highest BCUT2D eigenvalue weighted by molar-refractivity contribution is 5.40. The summed E-state index contributed by atoms with van der Waals surface area (Å²) in [7, 11) is 0. The van der Waals surface area contributed by atoms with Crippen LogP contribution in [0.1, 0.15) is 37.1 Å². The molecule has 0 saturated carbocycles. The lowest BCUT2D eigenvalue weighted by molar-refractivity contribution is 0.108. The van der Waals surface area contributed by atoms with Gasteiger partial charge in [-0.15, -0.1) is 0 Å². The Hall–Kier alpha value is -1.09. The average molecular weight is 192 g/mol. The van der Waals surface area contributed by atoms with E-state index in [0.29, 0.717) is 0 Å². The minimum absolute atomic E-state index is 0.200. The number of rotatable bonds is 2. The van der Waals surface area contributed by atoms with E-state index in [1.807, 2.05) is 6.07 Å². The largest absolute Gasteiger partial charge is 0.397 e. The molecule has 3 heteroatoms. The van der Waals surface area contributed by atoms with Gasteiger partial charge in [-0.1, -0.05) is 6.92 Å². The number of pyridine rings is 1. The van der Waals surface area contributed by atoms with Gasteiger partial charge in [0, 0.05) is 6.61 Å². The van der Waals surface area contributed by atoms with Gasteiger partial charge in [0.25, 0.3) is 0 Å². The van der Waals surface area contributed by atoms with E-state index in [4.69, 9.17) is 10.5 Å². The zero-order valence-electron chi connectivity index (χ0n) is 8.49. The highest BCUT2D eigenvalue weighted by atomic mass is 16.5. The summed E-state index contributed by atoms with van der Waals surface area (Å²) in [6.45, 7) is 2.98. The van der Waals surface area contributed by atoms with Gasteiger partial charge >= 0.3 is 0 Å². The molecule has 14 heavy (non-hydrogen) atoms. The van der Waals surface area contributed by atoms with Crippen molar-refractivity contribution in [1.82, 2.24) is 4.98 Å². The molecule has 1 aliphatic rings. The van der Waals surface area contributed by atoms with E-state index in [9.17, 15) is 0 Å². The van der Waals surface area contributed by atoms with Crippen molar-refractivity contribution in [3.8, 4) is 0 Å². The number of aromatic nitrogens is 1. The fourth-order valence-electron chi connectivity index (χ4n) is 1.91. The monoisotopic (exact) mass is 192 g/mol. The molecule has 1 fully saturated rings. The molecule has 1 aromatic rings. The van der Waals surface area contributed by atoms with Crippen LogP contribution in [0.2, 0.25) is 0 Å². The zero-order valence-corrected chi connectivity index (χ0v) is 8.49. The molecule has 1 aliphatic heterocycles. The van der Waals surface area contributed by atoms with Gasteiger partial charge in [0.2, 0.25) is 0 Å². The average Bonchev–Trinajstić information content (AvgIpc) is 2.70. The van der Waals surface area contributed by atoms with Crippen LogP contribution in [0.3, 0.4) is 0 Å². The molecule has 1 saturated heterocycles. The number of nitrogen functional groups attached to an aromatic ring is 1. The van der Waals surface area contributed by atoms with Gasteiger partial charge in [0.15, 0.2) is 0 Å². The second-order valence-corrected chi connectivity index (χ2v) is 3.67. The maximum absolute atomic E-state index is 5.70. The first-order chi connectivity index (χ1) is 6.81. The van der Waals surface area contributed by atoms with E-state index < -0.39 is 0 Å². The minimum atomic E-state index is 0.200. The van der Waals surface area contributed by atoms with Crippen molar-refractivity contribution in [3.63, 3.8) is 0 Å². The zero-order chi connectivity index (χ0) is 9.97. The van der Waals surface area contributed by atoms with Crippen LogP contribution in [0.4, 0.5) is 5.69 Å². The lowest BCUT2D eigenvalue weighted by atomic mass is 10.0. The molecule has 1 atom stereocenters. The maximum Gasteiger partial charge on any atom is 0.0998 e. The number of hydrogen-bond donors (Lipinski definition) is 1. The lowest BCUT2D eigenvalue weighted by Gasteiger charge is -2.13. The third-order valence-corrected chi connectivity index (χ3v) is 2.64. The van der Waals surface area contributed by atoms with E-state index in [-0.39, 0.29) is 6.10 Å². The van der Waals surface area contributed by atoms with Gasteiger partial charge in [0.05, 0.1) is 23.7 Å². The van der Waals surface area contributed by atoms with Crippen LogP contribution >= 0.6 is 0 Å². The van der Waals surface area contributed by atoms with Crippen LogP contribution in [-0.4, -0.2) is 11.6 Å². The smallest absolute Gasteiger partial charge is 0.0998 e. The Morgan fingerprint density at radius 2 is 2.50 bits per heavy atom. The number of nitrogens with zero attached hydrogens (tertiary/aromatic N) is 1. The molecule has 0 aromatic carbocycles. The van der Waals surface area contributed by atoms with Crippen LogP contribution in [-0.2, 0) is 11.2 Å². The molecular formula is C11H16N2O. The molecule has 2 N–H and O–H groups in total. The molecule has 1 aromatic heterocycles. The predicted molar refractivity (Wildman–Crippen MR) is 56.0 cm³/mol. The number of anilines is 1. The maximum atomic E-state index is 5.70. The van der Waals surface area contributed by atoms with Crippen LogP contribution in [0.5, 0.6) is 0 Å². The van der Waals surface area contributed by atoms with Crippen molar-refractivity contribution in [2.24, 2.45) is 0 Å². The fourth-order valence-corrected chi connectivity index (χ4v) is 1.91. The topological polar surface area (TPSA) is 48.1 Å². The standard InChI is InChI=1S/C11H16N2O/c1-2-8-6-9(12)7-13-11(8)10-4-3-5-14-10/h6-7,10H,2-5,12H2,1H3. The normalized spacial score (nSPS) is 21.4. The van der Waals surface area contributed by atoms with E-state index in [1.165, 1.54) is 5.56 Å². The Labute approximate surface area is 84.3 Å². The van der Waals surface area contributed by atoms with Crippen LogP contribution in [0, 0.1) is 0 Å². The first kappa shape index (κ1) is 9.46. The summed E-state index contributed by atoms with van der Waals surface area (Å²) in [5.41, 5.74) is 8.74. The molecule has 76 valence electrons. The second-order valence-electron chi connectivity index (χ2n) is 3.67. The summed E-state index contributed by atoms with van der Waals surface area (Å²) in [5.74, 6) is 0. The lowest BCUT2D eigenvalue weighted by Crippen LogP contribution is -2.05. The molecule has 2 heterocycles. The predicted octanol–water partition coefficient (Wildman–Crippen LogP) is 2.08. The molecule has 2 rings (SSSR count). The summed E-state index contributed by atoms with van der Waals surface area (Å²) in [6, 6.07) is 2.00. The van der Waals surface area contributed by atoms with Gasteiger partial charge in [0.1, 0.15) is 0 Å². The van der Waals surface area contributed by atoms with Gasteiger partial charge in [-0.3, -0.25) is 4.98 Å². The minimum Gasteiger partial charge on any atom is -0.397 e.